The van der Waals surface area contributed by atoms with Gasteiger partial charge in [0.25, 0.3) is 11.8 Å². The number of carbonyl (C=O) groups is 6. The van der Waals surface area contributed by atoms with Crippen molar-refractivity contribution in [3.05, 3.63) is 35.9 Å². The van der Waals surface area contributed by atoms with Gasteiger partial charge in [-0.25, -0.2) is 4.79 Å². The highest BCUT2D eigenvalue weighted by atomic mass is 16.7. The van der Waals surface area contributed by atoms with E-state index in [1.54, 1.807) is 13.8 Å². The minimum atomic E-state index is -1.93. The molecule has 4 amide bonds. The van der Waals surface area contributed by atoms with Gasteiger partial charge >= 0.3 is 11.9 Å². The lowest BCUT2D eigenvalue weighted by Gasteiger charge is -2.38. The summed E-state index contributed by atoms with van der Waals surface area (Å²) in [5.74, 6) is -4.09. The Balaban J connectivity index is 1.55. The van der Waals surface area contributed by atoms with Crippen molar-refractivity contribution in [3.63, 3.8) is 0 Å². The van der Waals surface area contributed by atoms with Gasteiger partial charge in [-0.1, -0.05) is 26.3 Å². The van der Waals surface area contributed by atoms with Crippen LogP contribution in [-0.4, -0.2) is 105 Å². The standard InChI is InChI=1S/C30H39N3O13/c1-16(2)29(43)44-15-17-7-8-19(45-30-26(40)24(38)25(39)27(46-30)28(41)42)18(14-17)32-21(35)11-12-31-20(34)6-4-3-5-13-33-22(36)9-10-23(33)37/h7-10,14,16,24-27,30,38-40H,3-6,11-13,15H2,1-2H3,(H,31,34)(H,32,35)(H,41,42)/t24-,25-,26+,27-,30+/m0/s1. The smallest absolute Gasteiger partial charge is 0.335 e. The zero-order valence-electron chi connectivity index (χ0n) is 25.4. The quantitative estimate of drug-likeness (QED) is 0.0759. The number of carboxylic acids is 1. The van der Waals surface area contributed by atoms with Gasteiger partial charge in [0, 0.05) is 38.1 Å². The molecule has 252 valence electrons. The van der Waals surface area contributed by atoms with Gasteiger partial charge in [-0.05, 0) is 30.5 Å². The number of carbonyl (C=O) groups excluding carboxylic acids is 5. The summed E-state index contributed by atoms with van der Waals surface area (Å²) in [6, 6.07) is 4.27. The number of aliphatic hydroxyl groups excluding tert-OH is 3. The molecule has 16 nitrogen and oxygen atoms in total. The first-order valence-corrected chi connectivity index (χ1v) is 14.8. The Morgan fingerprint density at radius 2 is 1.63 bits per heavy atom. The predicted molar refractivity (Wildman–Crippen MR) is 157 cm³/mol. The molecule has 2 aliphatic heterocycles. The number of aliphatic hydroxyl groups is 3. The maximum atomic E-state index is 12.8. The van der Waals surface area contributed by atoms with Crippen molar-refractivity contribution >= 4 is 41.3 Å². The molecule has 1 aromatic rings. The molecule has 46 heavy (non-hydrogen) atoms. The highest BCUT2D eigenvalue weighted by Gasteiger charge is 2.48. The summed E-state index contributed by atoms with van der Waals surface area (Å²) in [6.07, 6.45) is -5.21. The summed E-state index contributed by atoms with van der Waals surface area (Å²) < 4.78 is 16.0. The molecule has 2 aliphatic rings. The number of benzene rings is 1. The van der Waals surface area contributed by atoms with Crippen LogP contribution >= 0.6 is 0 Å². The van der Waals surface area contributed by atoms with Crippen LogP contribution in [0.4, 0.5) is 5.69 Å². The Morgan fingerprint density at radius 3 is 2.28 bits per heavy atom. The van der Waals surface area contributed by atoms with Crippen LogP contribution in [-0.2, 0) is 44.8 Å². The van der Waals surface area contributed by atoms with Gasteiger partial charge in [-0.15, -0.1) is 0 Å². The third-order valence-corrected chi connectivity index (χ3v) is 7.09. The second-order valence-electron chi connectivity index (χ2n) is 11.1. The number of carboxylic acid groups (broad SMARTS) is 1. The summed E-state index contributed by atoms with van der Waals surface area (Å²) in [4.78, 5) is 72.6. The van der Waals surface area contributed by atoms with Gasteiger partial charge in [-0.3, -0.25) is 28.9 Å². The van der Waals surface area contributed by atoms with Gasteiger partial charge < -0.3 is 45.3 Å². The van der Waals surface area contributed by atoms with E-state index < -0.39 is 48.6 Å². The molecule has 0 aliphatic carbocycles. The molecule has 0 spiro atoms. The van der Waals surface area contributed by atoms with E-state index >= 15 is 0 Å². The van der Waals surface area contributed by atoms with Crippen molar-refractivity contribution in [1.82, 2.24) is 10.2 Å². The Kier molecular flexibility index (Phi) is 13.2. The first kappa shape index (κ1) is 36.1. The SMILES string of the molecule is CC(C)C(=O)OCc1ccc(O[C@@H]2O[C@H](C(=O)O)[C@@H](O)[C@H](O)[C@H]2O)c(NC(=O)CCNC(=O)CCCCCN2C(=O)C=CC2=O)c1. The summed E-state index contributed by atoms with van der Waals surface area (Å²) in [5.41, 5.74) is 0.478. The maximum absolute atomic E-state index is 12.8. The van der Waals surface area contributed by atoms with Gasteiger partial charge in [0.1, 0.15) is 30.7 Å². The first-order chi connectivity index (χ1) is 21.8. The number of imide groups is 1. The molecule has 0 radical (unpaired) electrons. The minimum absolute atomic E-state index is 0.0101. The molecule has 6 N–H and O–H groups in total. The van der Waals surface area contributed by atoms with Crippen molar-refractivity contribution in [2.45, 2.75) is 83.3 Å². The van der Waals surface area contributed by atoms with Crippen molar-refractivity contribution in [2.24, 2.45) is 5.92 Å². The molecule has 0 bridgehead atoms. The van der Waals surface area contributed by atoms with E-state index in [-0.39, 0.29) is 67.6 Å². The van der Waals surface area contributed by atoms with Gasteiger partial charge in [0.15, 0.2) is 6.10 Å². The molecule has 1 fully saturated rings. The summed E-state index contributed by atoms with van der Waals surface area (Å²) in [7, 11) is 0. The van der Waals surface area contributed by atoms with E-state index in [0.717, 1.165) is 4.90 Å². The number of unbranched alkanes of at least 4 members (excludes halogenated alkanes) is 2. The average molecular weight is 650 g/mol. The van der Waals surface area contributed by atoms with E-state index in [1.807, 2.05) is 0 Å². The number of aliphatic carboxylic acids is 1. The van der Waals surface area contributed by atoms with Crippen molar-refractivity contribution in [1.29, 1.82) is 0 Å². The highest BCUT2D eigenvalue weighted by molar-refractivity contribution is 6.12. The fourth-order valence-electron chi connectivity index (χ4n) is 4.46. The molecule has 5 atom stereocenters. The Hall–Kier alpha value is -4.38. The molecule has 16 heteroatoms. The van der Waals surface area contributed by atoms with E-state index in [0.29, 0.717) is 24.8 Å². The maximum Gasteiger partial charge on any atom is 0.335 e. The van der Waals surface area contributed by atoms with Crippen LogP contribution in [0.15, 0.2) is 30.4 Å². The molecule has 2 heterocycles. The van der Waals surface area contributed by atoms with Crippen molar-refractivity contribution in [2.75, 3.05) is 18.4 Å². The number of ether oxygens (including phenoxy) is 3. The van der Waals surface area contributed by atoms with Crippen LogP contribution in [0.5, 0.6) is 5.75 Å². The van der Waals surface area contributed by atoms with Crippen LogP contribution in [0.3, 0.4) is 0 Å². The number of rotatable bonds is 16. The number of anilines is 1. The number of hydrogen-bond donors (Lipinski definition) is 6. The second kappa shape index (κ2) is 16.8. The van der Waals surface area contributed by atoms with Gasteiger partial charge in [0.2, 0.25) is 18.1 Å². The van der Waals surface area contributed by atoms with Crippen LogP contribution in [0.2, 0.25) is 0 Å². The number of amides is 4. The van der Waals surface area contributed by atoms with Gasteiger partial charge in [0.05, 0.1) is 11.6 Å². The predicted octanol–water partition coefficient (Wildman–Crippen LogP) is -0.413. The highest BCUT2D eigenvalue weighted by Crippen LogP contribution is 2.31. The zero-order valence-corrected chi connectivity index (χ0v) is 25.4. The number of hydrogen-bond acceptors (Lipinski definition) is 12. The minimum Gasteiger partial charge on any atom is -0.479 e. The summed E-state index contributed by atoms with van der Waals surface area (Å²) in [5, 5.41) is 45.0. The third-order valence-electron chi connectivity index (χ3n) is 7.09. The Morgan fingerprint density at radius 1 is 0.935 bits per heavy atom. The second-order valence-corrected chi connectivity index (χ2v) is 11.1. The van der Waals surface area contributed by atoms with Crippen LogP contribution < -0.4 is 15.4 Å². The lowest BCUT2D eigenvalue weighted by molar-refractivity contribution is -0.271. The Bertz CT molecular complexity index is 1310. The topological polar surface area (TPSA) is 238 Å². The van der Waals surface area contributed by atoms with Crippen LogP contribution in [0.1, 0.15) is 51.5 Å². The van der Waals surface area contributed by atoms with E-state index in [4.69, 9.17) is 14.2 Å². The van der Waals surface area contributed by atoms with Gasteiger partial charge in [-0.2, -0.15) is 0 Å². The zero-order chi connectivity index (χ0) is 34.0. The number of nitrogens with zero attached hydrogens (tertiary/aromatic N) is 1. The van der Waals surface area contributed by atoms with E-state index in [2.05, 4.69) is 10.6 Å². The average Bonchev–Trinajstić information content (AvgIpc) is 3.32. The van der Waals surface area contributed by atoms with Crippen molar-refractivity contribution < 1.29 is 63.4 Å². The van der Waals surface area contributed by atoms with E-state index in [9.17, 15) is 49.2 Å². The molecular weight excluding hydrogens is 610 g/mol. The largest absolute Gasteiger partial charge is 0.479 e. The summed E-state index contributed by atoms with van der Waals surface area (Å²) in [6.45, 7) is 3.44. The molecule has 0 saturated carbocycles. The first-order valence-electron chi connectivity index (χ1n) is 14.8. The fraction of sp³-hybridized carbons (Fsp3) is 0.533. The fourth-order valence-corrected chi connectivity index (χ4v) is 4.46. The third kappa shape index (κ3) is 10.1. The lowest BCUT2D eigenvalue weighted by Crippen LogP contribution is -2.61. The van der Waals surface area contributed by atoms with Crippen molar-refractivity contribution in [3.8, 4) is 5.75 Å². The molecule has 1 saturated heterocycles. The molecule has 0 unspecified atom stereocenters. The summed E-state index contributed by atoms with van der Waals surface area (Å²) >= 11 is 0. The number of esters is 1. The molecule has 3 rings (SSSR count). The number of nitrogens with one attached hydrogen (secondary N) is 2. The van der Waals surface area contributed by atoms with E-state index in [1.165, 1.54) is 30.4 Å². The normalized spacial score (nSPS) is 22.6. The Labute approximate surface area is 264 Å². The molecule has 1 aromatic carbocycles. The monoisotopic (exact) mass is 649 g/mol. The lowest BCUT2D eigenvalue weighted by atomic mass is 9.99. The molecule has 0 aromatic heterocycles. The van der Waals surface area contributed by atoms with Crippen LogP contribution in [0.25, 0.3) is 0 Å². The van der Waals surface area contributed by atoms with Crippen LogP contribution in [0, 0.1) is 5.92 Å². The molecular formula is C30H39N3O13.